The standard InChI is InChI=1S/C28H23Cl2N3O/c1-3-19-8-12-23(13-9-19)32-28(34)21(16-31)14-25-18(2)33(27-7-5-4-6-24(25)27)17-20-10-11-22(29)15-26(20)30/h4-15H,3,17H2,1-2H3,(H,32,34). The summed E-state index contributed by atoms with van der Waals surface area (Å²) in [7, 11) is 0. The molecule has 6 heteroatoms. The summed E-state index contributed by atoms with van der Waals surface area (Å²) in [6.45, 7) is 4.59. The molecule has 0 spiro atoms. The number of nitrogens with zero attached hydrogens (tertiary/aromatic N) is 2. The topological polar surface area (TPSA) is 57.8 Å². The van der Waals surface area contributed by atoms with Crippen LogP contribution in [0.5, 0.6) is 0 Å². The number of anilines is 1. The van der Waals surface area contributed by atoms with Gasteiger partial charge in [0.1, 0.15) is 11.6 Å². The van der Waals surface area contributed by atoms with Crippen molar-refractivity contribution in [3.63, 3.8) is 0 Å². The molecule has 0 saturated carbocycles. The lowest BCUT2D eigenvalue weighted by Crippen LogP contribution is -2.13. The Morgan fingerprint density at radius 3 is 2.50 bits per heavy atom. The Hall–Kier alpha value is -3.52. The molecule has 1 heterocycles. The number of amides is 1. The van der Waals surface area contributed by atoms with E-state index < -0.39 is 5.91 Å². The lowest BCUT2D eigenvalue weighted by atomic mass is 10.1. The van der Waals surface area contributed by atoms with Gasteiger partial charge in [0.25, 0.3) is 5.91 Å². The highest BCUT2D eigenvalue weighted by molar-refractivity contribution is 6.35. The van der Waals surface area contributed by atoms with Gasteiger partial charge < -0.3 is 9.88 Å². The minimum Gasteiger partial charge on any atom is -0.340 e. The van der Waals surface area contributed by atoms with Gasteiger partial charge in [0.15, 0.2) is 0 Å². The molecule has 0 aliphatic carbocycles. The van der Waals surface area contributed by atoms with Crippen LogP contribution in [0.1, 0.15) is 29.3 Å². The molecular weight excluding hydrogens is 465 g/mol. The Morgan fingerprint density at radius 2 is 1.82 bits per heavy atom. The number of nitriles is 1. The van der Waals surface area contributed by atoms with Crippen molar-refractivity contribution in [3.05, 3.63) is 105 Å². The Kier molecular flexibility index (Phi) is 7.07. The molecule has 0 aliphatic rings. The summed E-state index contributed by atoms with van der Waals surface area (Å²) in [5.41, 5.74) is 5.55. The molecule has 170 valence electrons. The minimum absolute atomic E-state index is 0.0371. The fraction of sp³-hybridized carbons (Fsp3) is 0.143. The van der Waals surface area contributed by atoms with E-state index in [0.29, 0.717) is 22.3 Å². The molecule has 4 rings (SSSR count). The molecule has 0 atom stereocenters. The SMILES string of the molecule is CCc1ccc(NC(=O)C(C#N)=Cc2c(C)n(Cc3ccc(Cl)cc3Cl)c3ccccc23)cc1. The first kappa shape index (κ1) is 23.6. The molecule has 0 unspecified atom stereocenters. The largest absolute Gasteiger partial charge is 0.340 e. The fourth-order valence-electron chi connectivity index (χ4n) is 3.98. The maximum Gasteiger partial charge on any atom is 0.266 e. The average Bonchev–Trinajstić information content (AvgIpc) is 3.10. The fourth-order valence-corrected chi connectivity index (χ4v) is 4.45. The van der Waals surface area contributed by atoms with Crippen LogP contribution < -0.4 is 5.32 Å². The van der Waals surface area contributed by atoms with Crippen LogP contribution in [-0.2, 0) is 17.8 Å². The second-order valence-corrected chi connectivity index (χ2v) is 8.86. The molecule has 0 radical (unpaired) electrons. The minimum atomic E-state index is -0.441. The Bertz CT molecular complexity index is 1440. The molecular formula is C28H23Cl2N3O. The van der Waals surface area contributed by atoms with Crippen LogP contribution in [0.25, 0.3) is 17.0 Å². The highest BCUT2D eigenvalue weighted by Crippen LogP contribution is 2.30. The van der Waals surface area contributed by atoms with Gasteiger partial charge in [-0.05, 0) is 60.9 Å². The smallest absolute Gasteiger partial charge is 0.266 e. The number of aryl methyl sites for hydroxylation is 1. The number of aromatic nitrogens is 1. The van der Waals surface area contributed by atoms with Crippen LogP contribution in [0.2, 0.25) is 10.0 Å². The number of nitrogens with one attached hydrogen (secondary N) is 1. The van der Waals surface area contributed by atoms with Crippen molar-refractivity contribution in [2.45, 2.75) is 26.8 Å². The molecule has 0 aliphatic heterocycles. The maximum absolute atomic E-state index is 12.9. The molecule has 1 N–H and O–H groups in total. The normalized spacial score (nSPS) is 11.4. The number of para-hydroxylation sites is 1. The maximum atomic E-state index is 12.9. The summed E-state index contributed by atoms with van der Waals surface area (Å²) in [6, 6.07) is 23.1. The van der Waals surface area contributed by atoms with Gasteiger partial charge >= 0.3 is 0 Å². The van der Waals surface area contributed by atoms with Gasteiger partial charge in [-0.15, -0.1) is 0 Å². The van der Waals surface area contributed by atoms with Crippen LogP contribution in [0.3, 0.4) is 0 Å². The third-order valence-corrected chi connectivity index (χ3v) is 6.48. The first-order valence-corrected chi connectivity index (χ1v) is 11.7. The third-order valence-electron chi connectivity index (χ3n) is 5.90. The second-order valence-electron chi connectivity index (χ2n) is 8.01. The van der Waals surface area contributed by atoms with Crippen molar-refractivity contribution < 1.29 is 4.79 Å². The summed E-state index contributed by atoms with van der Waals surface area (Å²) < 4.78 is 2.13. The number of hydrogen-bond donors (Lipinski definition) is 1. The predicted octanol–water partition coefficient (Wildman–Crippen LogP) is 7.41. The quantitative estimate of drug-likeness (QED) is 0.227. The van der Waals surface area contributed by atoms with Crippen molar-refractivity contribution >= 4 is 51.8 Å². The van der Waals surface area contributed by atoms with Crippen molar-refractivity contribution in [3.8, 4) is 6.07 Å². The van der Waals surface area contributed by atoms with Crippen molar-refractivity contribution in [1.29, 1.82) is 5.26 Å². The predicted molar refractivity (Wildman–Crippen MR) is 140 cm³/mol. The zero-order chi connectivity index (χ0) is 24.2. The second kappa shape index (κ2) is 10.2. The summed E-state index contributed by atoms with van der Waals surface area (Å²) in [5.74, 6) is -0.441. The van der Waals surface area contributed by atoms with E-state index in [4.69, 9.17) is 23.2 Å². The summed E-state index contributed by atoms with van der Waals surface area (Å²) in [6.07, 6.45) is 2.58. The number of carbonyl (C=O) groups excluding carboxylic acids is 1. The van der Waals surface area contributed by atoms with Gasteiger partial charge in [0.05, 0.1) is 0 Å². The van der Waals surface area contributed by atoms with Gasteiger partial charge in [-0.2, -0.15) is 5.26 Å². The van der Waals surface area contributed by atoms with E-state index in [1.54, 1.807) is 12.1 Å². The Balaban J connectivity index is 1.72. The van der Waals surface area contributed by atoms with Gasteiger partial charge in [-0.25, -0.2) is 0 Å². The van der Waals surface area contributed by atoms with Crippen LogP contribution in [0.15, 0.2) is 72.3 Å². The lowest BCUT2D eigenvalue weighted by Gasteiger charge is -2.11. The van der Waals surface area contributed by atoms with Crippen LogP contribution in [0.4, 0.5) is 5.69 Å². The molecule has 0 fully saturated rings. The number of fused-ring (bicyclic) bond motifs is 1. The van der Waals surface area contributed by atoms with Crippen molar-refractivity contribution in [2.75, 3.05) is 5.32 Å². The number of rotatable bonds is 6. The van der Waals surface area contributed by atoms with Gasteiger partial charge in [-0.1, -0.05) is 66.5 Å². The van der Waals surface area contributed by atoms with E-state index in [2.05, 4.69) is 22.9 Å². The van der Waals surface area contributed by atoms with Gasteiger partial charge in [-0.3, -0.25) is 4.79 Å². The van der Waals surface area contributed by atoms with E-state index in [9.17, 15) is 10.1 Å². The van der Waals surface area contributed by atoms with E-state index in [0.717, 1.165) is 34.1 Å². The first-order chi connectivity index (χ1) is 16.4. The van der Waals surface area contributed by atoms with E-state index in [1.807, 2.05) is 67.6 Å². The molecule has 1 aromatic heterocycles. The van der Waals surface area contributed by atoms with Crippen molar-refractivity contribution in [2.24, 2.45) is 0 Å². The van der Waals surface area contributed by atoms with E-state index in [-0.39, 0.29) is 5.57 Å². The lowest BCUT2D eigenvalue weighted by molar-refractivity contribution is -0.112. The molecule has 4 aromatic rings. The highest BCUT2D eigenvalue weighted by Gasteiger charge is 2.17. The molecule has 0 saturated heterocycles. The van der Waals surface area contributed by atoms with Crippen molar-refractivity contribution in [1.82, 2.24) is 4.57 Å². The summed E-state index contributed by atoms with van der Waals surface area (Å²) >= 11 is 12.5. The van der Waals surface area contributed by atoms with Gasteiger partial charge in [0.2, 0.25) is 0 Å². The zero-order valence-electron chi connectivity index (χ0n) is 18.9. The third kappa shape index (κ3) is 4.87. The van der Waals surface area contributed by atoms with Crippen LogP contribution in [0, 0.1) is 18.3 Å². The summed E-state index contributed by atoms with van der Waals surface area (Å²) in [4.78, 5) is 12.9. The summed E-state index contributed by atoms with van der Waals surface area (Å²) in [5, 5.41) is 14.7. The molecule has 0 bridgehead atoms. The van der Waals surface area contributed by atoms with E-state index >= 15 is 0 Å². The van der Waals surface area contributed by atoms with Gasteiger partial charge in [0, 0.05) is 44.4 Å². The number of hydrogen-bond acceptors (Lipinski definition) is 2. The van der Waals surface area contributed by atoms with Crippen LogP contribution >= 0.6 is 23.2 Å². The molecule has 34 heavy (non-hydrogen) atoms. The molecule has 1 amide bonds. The van der Waals surface area contributed by atoms with Crippen LogP contribution in [-0.4, -0.2) is 10.5 Å². The Labute approximate surface area is 209 Å². The molecule has 4 nitrogen and oxygen atoms in total. The van der Waals surface area contributed by atoms with E-state index in [1.165, 1.54) is 5.56 Å². The first-order valence-electron chi connectivity index (χ1n) is 10.9. The zero-order valence-corrected chi connectivity index (χ0v) is 20.4. The number of halogens is 2. The molecule has 3 aromatic carbocycles. The highest BCUT2D eigenvalue weighted by atomic mass is 35.5. The number of carbonyl (C=O) groups is 1. The number of benzene rings is 3. The average molecular weight is 488 g/mol. The Morgan fingerprint density at radius 1 is 1.09 bits per heavy atom. The monoisotopic (exact) mass is 487 g/mol.